The first-order valence-corrected chi connectivity index (χ1v) is 9.65. The number of para-hydroxylation sites is 1. The summed E-state index contributed by atoms with van der Waals surface area (Å²) in [5, 5.41) is 5.26. The van der Waals surface area contributed by atoms with Gasteiger partial charge < -0.3 is 9.73 Å². The van der Waals surface area contributed by atoms with E-state index >= 15 is 0 Å². The van der Waals surface area contributed by atoms with Crippen molar-refractivity contribution in [1.29, 1.82) is 0 Å². The van der Waals surface area contributed by atoms with Crippen LogP contribution in [0.25, 0.3) is 21.8 Å². The zero-order chi connectivity index (χ0) is 18.8. The molecule has 134 valence electrons. The van der Waals surface area contributed by atoms with Crippen LogP contribution >= 0.6 is 27.3 Å². The maximum Gasteiger partial charge on any atom is 0.291 e. The highest BCUT2D eigenvalue weighted by atomic mass is 79.9. The number of thiazole rings is 1. The minimum absolute atomic E-state index is 0.196. The summed E-state index contributed by atoms with van der Waals surface area (Å²) in [4.78, 5) is 16.9. The Morgan fingerprint density at radius 1 is 1.04 bits per heavy atom. The lowest BCUT2D eigenvalue weighted by atomic mass is 10.1. The van der Waals surface area contributed by atoms with Gasteiger partial charge in [-0.15, -0.1) is 11.3 Å². The van der Waals surface area contributed by atoms with Crippen LogP contribution < -0.4 is 5.32 Å². The predicted octanol–water partition coefficient (Wildman–Crippen LogP) is 6.22. The van der Waals surface area contributed by atoms with Crippen molar-refractivity contribution in [1.82, 2.24) is 4.98 Å². The smallest absolute Gasteiger partial charge is 0.291 e. The molecule has 0 saturated carbocycles. The number of rotatable bonds is 4. The molecule has 4 aromatic rings. The molecule has 0 fully saturated rings. The highest BCUT2D eigenvalue weighted by Gasteiger charge is 2.16. The Morgan fingerprint density at radius 3 is 2.52 bits per heavy atom. The first-order valence-electron chi connectivity index (χ1n) is 7.98. The molecule has 0 spiro atoms. The van der Waals surface area contributed by atoms with Crippen LogP contribution in [0.1, 0.15) is 10.6 Å². The van der Waals surface area contributed by atoms with E-state index in [-0.39, 0.29) is 17.5 Å². The second-order valence-corrected chi connectivity index (χ2v) is 7.26. The summed E-state index contributed by atoms with van der Waals surface area (Å²) in [5.74, 6) is -0.483. The van der Waals surface area contributed by atoms with Gasteiger partial charge in [0.2, 0.25) is 0 Å². The highest BCUT2D eigenvalue weighted by Crippen LogP contribution is 2.33. The monoisotopic (exact) mass is 442 g/mol. The van der Waals surface area contributed by atoms with Gasteiger partial charge in [0.25, 0.3) is 5.91 Å². The van der Waals surface area contributed by atoms with Crippen molar-refractivity contribution < 1.29 is 13.6 Å². The first-order chi connectivity index (χ1) is 13.1. The topological polar surface area (TPSA) is 55.1 Å². The van der Waals surface area contributed by atoms with E-state index in [0.717, 1.165) is 5.56 Å². The zero-order valence-corrected chi connectivity index (χ0v) is 16.2. The van der Waals surface area contributed by atoms with E-state index in [2.05, 4.69) is 26.2 Å². The van der Waals surface area contributed by atoms with E-state index in [1.54, 1.807) is 36.4 Å². The Labute approximate surface area is 166 Å². The fourth-order valence-corrected chi connectivity index (χ4v) is 3.74. The molecular weight excluding hydrogens is 431 g/mol. The lowest BCUT2D eigenvalue weighted by Crippen LogP contribution is -2.11. The van der Waals surface area contributed by atoms with Gasteiger partial charge in [0, 0.05) is 16.5 Å². The minimum atomic E-state index is -0.363. The summed E-state index contributed by atoms with van der Waals surface area (Å²) < 4.78 is 19.8. The van der Waals surface area contributed by atoms with Gasteiger partial charge in [-0.3, -0.25) is 4.79 Å². The largest absolute Gasteiger partial charge is 0.444 e. The van der Waals surface area contributed by atoms with E-state index in [9.17, 15) is 9.18 Å². The van der Waals surface area contributed by atoms with Crippen molar-refractivity contribution in [3.05, 3.63) is 82.3 Å². The third-order valence-electron chi connectivity index (χ3n) is 3.86. The molecule has 2 heterocycles. The molecule has 1 N–H and O–H groups in total. The van der Waals surface area contributed by atoms with Crippen molar-refractivity contribution in [2.75, 3.05) is 5.32 Å². The zero-order valence-electron chi connectivity index (χ0n) is 13.8. The van der Waals surface area contributed by atoms with Crippen LogP contribution in [-0.4, -0.2) is 10.9 Å². The molecule has 0 aliphatic heterocycles. The molecule has 7 heteroatoms. The number of aromatic nitrogens is 1. The van der Waals surface area contributed by atoms with Crippen LogP contribution in [0.3, 0.4) is 0 Å². The number of furan rings is 1. The number of nitrogens with zero attached hydrogens (tertiary/aromatic N) is 1. The Bertz CT molecular complexity index is 1120. The van der Waals surface area contributed by atoms with E-state index < -0.39 is 0 Å². The molecule has 4 rings (SSSR count). The quantitative estimate of drug-likeness (QED) is 0.407. The first kappa shape index (κ1) is 17.6. The van der Waals surface area contributed by atoms with Crippen LogP contribution in [0.15, 0.2) is 75.1 Å². The van der Waals surface area contributed by atoms with Crippen molar-refractivity contribution in [3.63, 3.8) is 0 Å². The number of carbonyl (C=O) groups is 1. The number of hydrogen-bond acceptors (Lipinski definition) is 4. The van der Waals surface area contributed by atoms with Gasteiger partial charge in [0.05, 0.1) is 11.4 Å². The average Bonchev–Trinajstić information content (AvgIpc) is 3.32. The third-order valence-corrected chi connectivity index (χ3v) is 5.16. The lowest BCUT2D eigenvalue weighted by Gasteiger charge is -2.08. The van der Waals surface area contributed by atoms with Crippen LogP contribution in [0.2, 0.25) is 0 Å². The van der Waals surface area contributed by atoms with Crippen molar-refractivity contribution in [2.45, 2.75) is 0 Å². The number of nitrogens with one attached hydrogen (secondary N) is 1. The number of carbonyl (C=O) groups excluding carboxylic acids is 1. The maximum absolute atomic E-state index is 14.0. The van der Waals surface area contributed by atoms with Gasteiger partial charge in [-0.25, -0.2) is 9.37 Å². The summed E-state index contributed by atoms with van der Waals surface area (Å²) >= 11 is 4.53. The molecule has 1 amide bonds. The van der Waals surface area contributed by atoms with Crippen molar-refractivity contribution in [3.8, 4) is 21.8 Å². The highest BCUT2D eigenvalue weighted by molar-refractivity contribution is 9.10. The number of halogens is 2. The fourth-order valence-electron chi connectivity index (χ4n) is 2.59. The average molecular weight is 443 g/mol. The summed E-state index contributed by atoms with van der Waals surface area (Å²) in [6.07, 6.45) is 0. The van der Waals surface area contributed by atoms with E-state index in [4.69, 9.17) is 4.42 Å². The summed E-state index contributed by atoms with van der Waals surface area (Å²) in [7, 11) is 0. The molecule has 0 aliphatic rings. The lowest BCUT2D eigenvalue weighted by molar-refractivity contribution is 0.0995. The molecule has 4 nitrogen and oxygen atoms in total. The summed E-state index contributed by atoms with van der Waals surface area (Å²) in [6.45, 7) is 0. The van der Waals surface area contributed by atoms with E-state index in [1.807, 2.05) is 23.6 Å². The van der Waals surface area contributed by atoms with Crippen molar-refractivity contribution in [2.24, 2.45) is 0 Å². The Morgan fingerprint density at radius 2 is 1.78 bits per heavy atom. The molecule has 27 heavy (non-hydrogen) atoms. The minimum Gasteiger partial charge on any atom is -0.444 e. The molecule has 2 aromatic heterocycles. The predicted molar refractivity (Wildman–Crippen MR) is 107 cm³/mol. The van der Waals surface area contributed by atoms with Gasteiger partial charge in [-0.2, -0.15) is 0 Å². The number of hydrogen-bond donors (Lipinski definition) is 1. The molecule has 0 unspecified atom stereocenters. The molecule has 0 radical (unpaired) electrons. The number of amides is 1. The fraction of sp³-hybridized carbons (Fsp3) is 0. The normalized spacial score (nSPS) is 10.7. The van der Waals surface area contributed by atoms with E-state index in [0.29, 0.717) is 26.6 Å². The molecule has 0 saturated heterocycles. The van der Waals surface area contributed by atoms with E-state index in [1.165, 1.54) is 17.4 Å². The van der Waals surface area contributed by atoms with Crippen LogP contribution in [0.5, 0.6) is 0 Å². The summed E-state index contributed by atoms with van der Waals surface area (Å²) in [5.41, 5.74) is 2.46. The third kappa shape index (κ3) is 3.70. The molecule has 0 atom stereocenters. The number of benzene rings is 2. The van der Waals surface area contributed by atoms with Crippen LogP contribution in [0.4, 0.5) is 10.1 Å². The second-order valence-electron chi connectivity index (χ2n) is 5.62. The second kappa shape index (κ2) is 7.46. The van der Waals surface area contributed by atoms with Gasteiger partial charge >= 0.3 is 0 Å². The molecule has 0 aliphatic carbocycles. The SMILES string of the molecule is O=C(Nc1ccccc1-c1csc(-c2ccccc2F)n1)c1ccc(Br)o1. The molecular formula is C20H12BrFN2O2S. The Hall–Kier alpha value is -2.77. The standard InChI is InChI=1S/C20H12BrFN2O2S/c21-18-10-9-17(26-18)19(25)23-15-8-4-2-6-13(15)16-11-27-20(24-16)12-5-1-3-7-14(12)22/h1-11H,(H,23,25). The van der Waals surface area contributed by atoms with Gasteiger partial charge in [0.15, 0.2) is 10.4 Å². The van der Waals surface area contributed by atoms with Gasteiger partial charge in [-0.05, 0) is 46.3 Å². The van der Waals surface area contributed by atoms with Crippen molar-refractivity contribution >= 4 is 38.9 Å². The molecule has 2 aromatic carbocycles. The van der Waals surface area contributed by atoms with Gasteiger partial charge in [0.1, 0.15) is 10.8 Å². The molecule has 0 bridgehead atoms. The Balaban J connectivity index is 1.66. The van der Waals surface area contributed by atoms with Crippen LogP contribution in [0, 0.1) is 5.82 Å². The van der Waals surface area contributed by atoms with Gasteiger partial charge in [-0.1, -0.05) is 30.3 Å². The summed E-state index contributed by atoms with van der Waals surface area (Å²) in [6, 6.07) is 17.1. The Kier molecular flexibility index (Phi) is 4.87. The number of anilines is 1. The maximum atomic E-state index is 14.0. The van der Waals surface area contributed by atoms with Crippen LogP contribution in [-0.2, 0) is 0 Å².